The molecule has 0 unspecified atom stereocenters. The molecule has 0 spiro atoms. The van der Waals surface area contributed by atoms with Crippen LogP contribution in [0.25, 0.3) is 10.9 Å². The summed E-state index contributed by atoms with van der Waals surface area (Å²) in [4.78, 5) is 4.60. The summed E-state index contributed by atoms with van der Waals surface area (Å²) in [6.07, 6.45) is 1.75. The van der Waals surface area contributed by atoms with Crippen molar-refractivity contribution < 1.29 is 4.74 Å². The van der Waals surface area contributed by atoms with Crippen molar-refractivity contribution in [2.75, 3.05) is 0 Å². The van der Waals surface area contributed by atoms with Crippen LogP contribution < -0.4 is 10.5 Å². The van der Waals surface area contributed by atoms with Gasteiger partial charge in [0.25, 0.3) is 0 Å². The van der Waals surface area contributed by atoms with Gasteiger partial charge in [-0.2, -0.15) is 0 Å². The van der Waals surface area contributed by atoms with E-state index in [1.54, 1.807) is 24.4 Å². The highest BCUT2D eigenvalue weighted by atomic mass is 35.5. The highest BCUT2D eigenvalue weighted by Crippen LogP contribution is 2.31. The van der Waals surface area contributed by atoms with Crippen LogP contribution in [0.4, 0.5) is 0 Å². The van der Waals surface area contributed by atoms with E-state index < -0.39 is 0 Å². The number of halogens is 1. The van der Waals surface area contributed by atoms with E-state index in [2.05, 4.69) is 4.98 Å². The molecule has 2 N–H and O–H groups in total. The van der Waals surface area contributed by atoms with Crippen molar-refractivity contribution >= 4 is 39.7 Å². The van der Waals surface area contributed by atoms with Gasteiger partial charge in [-0.3, -0.25) is 4.98 Å². The molecule has 0 fully saturated rings. The lowest BCUT2D eigenvalue weighted by Crippen LogP contribution is -2.08. The SMILES string of the molecule is NC(=S)c1ccc(Oc2ccc3cccnc3c2)c(Cl)c1. The second-order valence-electron chi connectivity index (χ2n) is 4.47. The number of nitrogens with zero attached hydrogens (tertiary/aromatic N) is 1. The van der Waals surface area contributed by atoms with Gasteiger partial charge < -0.3 is 10.5 Å². The number of rotatable bonds is 3. The molecule has 5 heteroatoms. The molecule has 1 aromatic heterocycles. The molecule has 0 amide bonds. The van der Waals surface area contributed by atoms with Crippen molar-refractivity contribution in [3.8, 4) is 11.5 Å². The van der Waals surface area contributed by atoms with Crippen molar-refractivity contribution in [3.63, 3.8) is 0 Å². The zero-order valence-corrected chi connectivity index (χ0v) is 12.5. The Labute approximate surface area is 132 Å². The number of fused-ring (bicyclic) bond motifs is 1. The van der Waals surface area contributed by atoms with Gasteiger partial charge >= 0.3 is 0 Å². The van der Waals surface area contributed by atoms with Crippen molar-refractivity contribution in [1.29, 1.82) is 0 Å². The maximum absolute atomic E-state index is 6.19. The third-order valence-corrected chi connectivity index (χ3v) is 3.55. The van der Waals surface area contributed by atoms with Gasteiger partial charge in [0.2, 0.25) is 0 Å². The van der Waals surface area contributed by atoms with E-state index in [0.717, 1.165) is 10.9 Å². The van der Waals surface area contributed by atoms with Crippen LogP contribution in [0.1, 0.15) is 5.56 Å². The van der Waals surface area contributed by atoms with Crippen molar-refractivity contribution in [2.45, 2.75) is 0 Å². The van der Waals surface area contributed by atoms with E-state index >= 15 is 0 Å². The zero-order chi connectivity index (χ0) is 14.8. The van der Waals surface area contributed by atoms with Crippen LogP contribution in [-0.4, -0.2) is 9.97 Å². The molecular formula is C16H11ClN2OS. The molecule has 0 aliphatic carbocycles. The van der Waals surface area contributed by atoms with Crippen LogP contribution in [0.5, 0.6) is 11.5 Å². The zero-order valence-electron chi connectivity index (χ0n) is 10.9. The van der Waals surface area contributed by atoms with Gasteiger partial charge in [0.05, 0.1) is 10.5 Å². The van der Waals surface area contributed by atoms with Crippen LogP contribution in [-0.2, 0) is 0 Å². The smallest absolute Gasteiger partial charge is 0.146 e. The minimum atomic E-state index is 0.304. The first kappa shape index (κ1) is 13.8. The van der Waals surface area contributed by atoms with Gasteiger partial charge in [-0.25, -0.2) is 0 Å². The first-order chi connectivity index (χ1) is 10.1. The summed E-state index contributed by atoms with van der Waals surface area (Å²) in [6, 6.07) is 14.8. The molecule has 0 saturated carbocycles. The Kier molecular flexibility index (Phi) is 3.73. The Morgan fingerprint density at radius 2 is 2.00 bits per heavy atom. The summed E-state index contributed by atoms with van der Waals surface area (Å²) >= 11 is 11.1. The minimum absolute atomic E-state index is 0.304. The van der Waals surface area contributed by atoms with Crippen molar-refractivity contribution in [3.05, 3.63) is 65.3 Å². The van der Waals surface area contributed by atoms with Crippen molar-refractivity contribution in [1.82, 2.24) is 4.98 Å². The molecule has 0 bridgehead atoms. The van der Waals surface area contributed by atoms with E-state index in [-0.39, 0.29) is 0 Å². The normalized spacial score (nSPS) is 10.5. The van der Waals surface area contributed by atoms with Crippen LogP contribution >= 0.6 is 23.8 Å². The fourth-order valence-corrected chi connectivity index (χ4v) is 2.32. The maximum atomic E-state index is 6.19. The van der Waals surface area contributed by atoms with Crippen LogP contribution in [0.15, 0.2) is 54.7 Å². The first-order valence-corrected chi connectivity index (χ1v) is 7.04. The molecule has 3 aromatic rings. The molecule has 0 radical (unpaired) electrons. The van der Waals surface area contributed by atoms with Crippen LogP contribution in [0.2, 0.25) is 5.02 Å². The Morgan fingerprint density at radius 3 is 2.76 bits per heavy atom. The Bertz CT molecular complexity index is 835. The van der Waals surface area contributed by atoms with Crippen LogP contribution in [0, 0.1) is 0 Å². The van der Waals surface area contributed by atoms with Crippen molar-refractivity contribution in [2.24, 2.45) is 5.73 Å². The van der Waals surface area contributed by atoms with E-state index in [0.29, 0.717) is 27.1 Å². The molecule has 3 rings (SSSR count). The van der Waals surface area contributed by atoms with Gasteiger partial charge in [-0.05, 0) is 36.4 Å². The number of aromatic nitrogens is 1. The van der Waals surface area contributed by atoms with Gasteiger partial charge in [-0.1, -0.05) is 29.9 Å². The number of nitrogens with two attached hydrogens (primary N) is 1. The minimum Gasteiger partial charge on any atom is -0.456 e. The molecule has 0 aliphatic rings. The largest absolute Gasteiger partial charge is 0.456 e. The topological polar surface area (TPSA) is 48.1 Å². The maximum Gasteiger partial charge on any atom is 0.146 e. The molecule has 2 aromatic carbocycles. The van der Waals surface area contributed by atoms with Gasteiger partial charge in [0.15, 0.2) is 0 Å². The lowest BCUT2D eigenvalue weighted by Gasteiger charge is -2.09. The number of thiocarbonyl (C=S) groups is 1. The number of hydrogen-bond donors (Lipinski definition) is 1. The standard InChI is InChI=1S/C16H11ClN2OS/c17-13-8-11(16(18)21)4-6-15(13)20-12-5-3-10-2-1-7-19-14(10)9-12/h1-9H,(H2,18,21). The number of ether oxygens (including phenoxy) is 1. The monoisotopic (exact) mass is 314 g/mol. The molecule has 0 atom stereocenters. The molecule has 0 saturated heterocycles. The molecule has 104 valence electrons. The lowest BCUT2D eigenvalue weighted by atomic mass is 10.2. The highest BCUT2D eigenvalue weighted by molar-refractivity contribution is 7.80. The lowest BCUT2D eigenvalue weighted by molar-refractivity contribution is 0.483. The van der Waals surface area contributed by atoms with Crippen LogP contribution in [0.3, 0.4) is 0 Å². The van der Waals surface area contributed by atoms with E-state index in [4.69, 9.17) is 34.3 Å². The Balaban J connectivity index is 1.93. The summed E-state index contributed by atoms with van der Waals surface area (Å²) in [5, 5.41) is 1.51. The molecule has 21 heavy (non-hydrogen) atoms. The second-order valence-corrected chi connectivity index (χ2v) is 5.32. The third-order valence-electron chi connectivity index (χ3n) is 3.02. The van der Waals surface area contributed by atoms with E-state index in [1.807, 2.05) is 30.3 Å². The Hall–Kier alpha value is -2.17. The average molecular weight is 315 g/mol. The first-order valence-electron chi connectivity index (χ1n) is 6.25. The average Bonchev–Trinajstić information content (AvgIpc) is 2.49. The van der Waals surface area contributed by atoms with Gasteiger partial charge in [-0.15, -0.1) is 0 Å². The van der Waals surface area contributed by atoms with E-state index in [1.165, 1.54) is 0 Å². The van der Waals surface area contributed by atoms with Gasteiger partial charge in [0, 0.05) is 23.2 Å². The molecule has 3 nitrogen and oxygen atoms in total. The number of benzene rings is 2. The summed E-state index contributed by atoms with van der Waals surface area (Å²) in [6.45, 7) is 0. The third kappa shape index (κ3) is 2.96. The summed E-state index contributed by atoms with van der Waals surface area (Å²) in [5.74, 6) is 1.22. The molecule has 0 aliphatic heterocycles. The van der Waals surface area contributed by atoms with E-state index in [9.17, 15) is 0 Å². The Morgan fingerprint density at radius 1 is 1.14 bits per heavy atom. The highest BCUT2D eigenvalue weighted by Gasteiger charge is 2.07. The predicted octanol–water partition coefficient (Wildman–Crippen LogP) is 4.31. The quantitative estimate of drug-likeness (QED) is 0.732. The van der Waals surface area contributed by atoms with Gasteiger partial charge in [0.1, 0.15) is 16.5 Å². The number of pyridine rings is 1. The second kappa shape index (κ2) is 5.68. The summed E-state index contributed by atoms with van der Waals surface area (Å²) < 4.78 is 5.80. The molecule has 1 heterocycles. The number of hydrogen-bond acceptors (Lipinski definition) is 3. The predicted molar refractivity (Wildman–Crippen MR) is 89.2 cm³/mol. The fourth-order valence-electron chi connectivity index (χ4n) is 1.97. The summed E-state index contributed by atoms with van der Waals surface area (Å²) in [7, 11) is 0. The molecular weight excluding hydrogens is 304 g/mol. The summed E-state index contributed by atoms with van der Waals surface area (Å²) in [5.41, 5.74) is 7.15. The fraction of sp³-hybridized carbons (Fsp3) is 0.